The van der Waals surface area contributed by atoms with Crippen LogP contribution in [0, 0.1) is 0 Å². The Morgan fingerprint density at radius 2 is 1.56 bits per heavy atom. The highest BCUT2D eigenvalue weighted by Gasteiger charge is 2.18. The summed E-state index contributed by atoms with van der Waals surface area (Å²) in [6.07, 6.45) is 4.49. The maximum Gasteiger partial charge on any atom is 0.119 e. The van der Waals surface area contributed by atoms with Gasteiger partial charge < -0.3 is 4.74 Å². The van der Waals surface area contributed by atoms with Crippen molar-refractivity contribution in [1.82, 2.24) is 5.43 Å². The van der Waals surface area contributed by atoms with E-state index in [1.807, 2.05) is 39.8 Å². The number of nitrogens with zero attached hydrogens (tertiary/aromatic N) is 1. The molecule has 3 nitrogen and oxygen atoms in total. The number of rotatable bonds is 5. The van der Waals surface area contributed by atoms with E-state index in [4.69, 9.17) is 4.74 Å². The number of benzene rings is 2. The van der Waals surface area contributed by atoms with Crippen LogP contribution < -0.4 is 15.2 Å². The molecule has 0 saturated carbocycles. The first kappa shape index (κ1) is 21.0. The summed E-state index contributed by atoms with van der Waals surface area (Å²) in [5.41, 5.74) is 8.45. The second kappa shape index (κ2) is 9.61. The molecule has 2 aromatic carbocycles. The first-order chi connectivity index (χ1) is 12.9. The van der Waals surface area contributed by atoms with Crippen LogP contribution >= 0.6 is 0 Å². The Kier molecular flexibility index (Phi) is 7.49. The van der Waals surface area contributed by atoms with E-state index >= 15 is 0 Å². The Bertz CT molecular complexity index is 747. The van der Waals surface area contributed by atoms with Crippen molar-refractivity contribution >= 4 is 5.69 Å². The van der Waals surface area contributed by atoms with Crippen molar-refractivity contribution in [3.05, 3.63) is 60.3 Å². The molecule has 0 amide bonds. The van der Waals surface area contributed by atoms with Crippen LogP contribution in [-0.2, 0) is 0 Å². The SMILES string of the molecule is CC.CC1C=CN(c2cc(-c3ccc(OC(C)C)cc3)ccc2C(C)C)N1. The molecule has 1 N–H and O–H groups in total. The third-order valence-corrected chi connectivity index (χ3v) is 4.34. The molecular weight excluding hydrogens is 332 g/mol. The van der Waals surface area contributed by atoms with Crippen molar-refractivity contribution in [1.29, 1.82) is 0 Å². The van der Waals surface area contributed by atoms with Crippen LogP contribution in [0.25, 0.3) is 11.1 Å². The van der Waals surface area contributed by atoms with Gasteiger partial charge in [-0.2, -0.15) is 0 Å². The fourth-order valence-electron chi connectivity index (χ4n) is 3.09. The molecule has 1 aliphatic heterocycles. The molecule has 0 aliphatic carbocycles. The number of nitrogens with one attached hydrogen (secondary N) is 1. The quantitative estimate of drug-likeness (QED) is 0.652. The number of hydrazine groups is 1. The van der Waals surface area contributed by atoms with E-state index in [1.165, 1.54) is 22.4 Å². The van der Waals surface area contributed by atoms with Gasteiger partial charge in [-0.05, 0) is 67.7 Å². The molecule has 0 bridgehead atoms. The zero-order valence-electron chi connectivity index (χ0n) is 17.8. The minimum absolute atomic E-state index is 0.192. The highest BCUT2D eigenvalue weighted by atomic mass is 16.5. The van der Waals surface area contributed by atoms with Gasteiger partial charge in [-0.1, -0.05) is 52.0 Å². The first-order valence-electron chi connectivity index (χ1n) is 10.1. The van der Waals surface area contributed by atoms with Crippen LogP contribution in [0.15, 0.2) is 54.7 Å². The lowest BCUT2D eigenvalue weighted by Crippen LogP contribution is -2.34. The van der Waals surface area contributed by atoms with Gasteiger partial charge in [-0.25, -0.2) is 5.43 Å². The summed E-state index contributed by atoms with van der Waals surface area (Å²) in [5, 5.41) is 2.14. The zero-order valence-corrected chi connectivity index (χ0v) is 17.8. The van der Waals surface area contributed by atoms with Gasteiger partial charge in [0.25, 0.3) is 0 Å². The van der Waals surface area contributed by atoms with E-state index < -0.39 is 0 Å². The van der Waals surface area contributed by atoms with Gasteiger partial charge in [0.15, 0.2) is 0 Å². The van der Waals surface area contributed by atoms with Crippen LogP contribution in [0.4, 0.5) is 5.69 Å². The van der Waals surface area contributed by atoms with E-state index in [9.17, 15) is 0 Å². The molecule has 1 aliphatic rings. The fraction of sp³-hybridized carbons (Fsp3) is 0.417. The van der Waals surface area contributed by atoms with E-state index in [-0.39, 0.29) is 6.10 Å². The summed E-state index contributed by atoms with van der Waals surface area (Å²) >= 11 is 0. The highest BCUT2D eigenvalue weighted by Crippen LogP contribution is 2.33. The maximum absolute atomic E-state index is 5.75. The van der Waals surface area contributed by atoms with E-state index in [0.29, 0.717) is 12.0 Å². The second-order valence-corrected chi connectivity index (χ2v) is 7.25. The van der Waals surface area contributed by atoms with Crippen molar-refractivity contribution in [3.63, 3.8) is 0 Å². The molecular formula is C24H34N2O. The predicted molar refractivity (Wildman–Crippen MR) is 117 cm³/mol. The third kappa shape index (κ3) is 5.36. The van der Waals surface area contributed by atoms with Crippen LogP contribution in [-0.4, -0.2) is 12.1 Å². The van der Waals surface area contributed by atoms with Crippen molar-refractivity contribution in [2.45, 2.75) is 66.5 Å². The summed E-state index contributed by atoms with van der Waals surface area (Å²) in [4.78, 5) is 0. The normalized spacial score (nSPS) is 15.9. The lowest BCUT2D eigenvalue weighted by Gasteiger charge is -2.24. The molecule has 146 valence electrons. The minimum atomic E-state index is 0.192. The molecule has 0 aromatic heterocycles. The standard InChI is InChI=1S/C22H28N2O.C2H6/c1-15(2)21-11-8-19(14-22(21)24-13-12-17(5)23-24)18-6-9-20(10-7-18)25-16(3)4;1-2/h6-17,23H,1-5H3;1-2H3. The Morgan fingerprint density at radius 3 is 2.07 bits per heavy atom. The van der Waals surface area contributed by atoms with Gasteiger partial charge in [0.1, 0.15) is 5.75 Å². The topological polar surface area (TPSA) is 24.5 Å². The fourth-order valence-corrected chi connectivity index (χ4v) is 3.09. The summed E-state index contributed by atoms with van der Waals surface area (Å²) in [5.74, 6) is 1.38. The summed E-state index contributed by atoms with van der Waals surface area (Å²) in [7, 11) is 0. The molecule has 1 heterocycles. The molecule has 1 unspecified atom stereocenters. The molecule has 27 heavy (non-hydrogen) atoms. The predicted octanol–water partition coefficient (Wildman–Crippen LogP) is 6.52. The largest absolute Gasteiger partial charge is 0.491 e. The zero-order chi connectivity index (χ0) is 20.0. The number of ether oxygens (including phenoxy) is 1. The van der Waals surface area contributed by atoms with Crippen LogP contribution in [0.2, 0.25) is 0 Å². The number of hydrogen-bond donors (Lipinski definition) is 1. The van der Waals surface area contributed by atoms with Gasteiger partial charge >= 0.3 is 0 Å². The van der Waals surface area contributed by atoms with Crippen molar-refractivity contribution in [2.24, 2.45) is 0 Å². The molecule has 1 atom stereocenters. The Labute approximate surface area is 165 Å². The third-order valence-electron chi connectivity index (χ3n) is 4.34. The van der Waals surface area contributed by atoms with Gasteiger partial charge in [-0.15, -0.1) is 0 Å². The Hall–Kier alpha value is -2.26. The van der Waals surface area contributed by atoms with Crippen LogP contribution in [0.1, 0.15) is 59.9 Å². The molecule has 3 rings (SSSR count). The lowest BCUT2D eigenvalue weighted by atomic mass is 9.96. The summed E-state index contributed by atoms with van der Waals surface area (Å²) in [6.45, 7) is 14.7. The van der Waals surface area contributed by atoms with Gasteiger partial charge in [0.05, 0.1) is 11.8 Å². The number of hydrogen-bond acceptors (Lipinski definition) is 3. The number of anilines is 1. The summed E-state index contributed by atoms with van der Waals surface area (Å²) in [6, 6.07) is 15.4. The van der Waals surface area contributed by atoms with Crippen molar-refractivity contribution < 1.29 is 4.74 Å². The first-order valence-corrected chi connectivity index (χ1v) is 10.1. The lowest BCUT2D eigenvalue weighted by molar-refractivity contribution is 0.242. The van der Waals surface area contributed by atoms with Gasteiger partial charge in [-0.3, -0.25) is 5.01 Å². The Balaban J connectivity index is 0.00000126. The average Bonchev–Trinajstić information content (AvgIpc) is 3.09. The molecule has 0 radical (unpaired) electrons. The molecule has 0 saturated heterocycles. The van der Waals surface area contributed by atoms with Crippen molar-refractivity contribution in [2.75, 3.05) is 5.01 Å². The van der Waals surface area contributed by atoms with Crippen LogP contribution in [0.5, 0.6) is 5.75 Å². The van der Waals surface area contributed by atoms with Gasteiger partial charge in [0.2, 0.25) is 0 Å². The molecule has 3 heteroatoms. The average molecular weight is 367 g/mol. The van der Waals surface area contributed by atoms with E-state index in [2.05, 4.69) is 73.8 Å². The van der Waals surface area contributed by atoms with E-state index in [0.717, 1.165) is 5.75 Å². The van der Waals surface area contributed by atoms with Crippen molar-refractivity contribution in [3.8, 4) is 16.9 Å². The smallest absolute Gasteiger partial charge is 0.119 e. The molecule has 2 aromatic rings. The Morgan fingerprint density at radius 1 is 0.926 bits per heavy atom. The molecule has 0 fully saturated rings. The van der Waals surface area contributed by atoms with E-state index in [1.54, 1.807) is 0 Å². The molecule has 0 spiro atoms. The maximum atomic E-state index is 5.75. The highest BCUT2D eigenvalue weighted by molar-refractivity contribution is 5.72. The summed E-state index contributed by atoms with van der Waals surface area (Å²) < 4.78 is 5.75. The minimum Gasteiger partial charge on any atom is -0.491 e. The van der Waals surface area contributed by atoms with Crippen LogP contribution in [0.3, 0.4) is 0 Å². The monoisotopic (exact) mass is 366 g/mol. The van der Waals surface area contributed by atoms with Gasteiger partial charge in [0, 0.05) is 12.2 Å². The second-order valence-electron chi connectivity index (χ2n) is 7.25.